The molecule has 1 amide bonds. The topological polar surface area (TPSA) is 98.7 Å². The first-order valence-electron chi connectivity index (χ1n) is 5.66. The molecule has 1 unspecified atom stereocenters. The van der Waals surface area contributed by atoms with Crippen LogP contribution in [0.25, 0.3) is 0 Å². The normalized spacial score (nSPS) is 11.9. The number of aliphatic carboxylic acids is 1. The van der Waals surface area contributed by atoms with Gasteiger partial charge in [0.2, 0.25) is 5.91 Å². The number of para-hydroxylation sites is 1. The van der Waals surface area contributed by atoms with Crippen LogP contribution in [0.1, 0.15) is 6.42 Å². The van der Waals surface area contributed by atoms with Crippen LogP contribution in [0.4, 0.5) is 10.1 Å². The first-order chi connectivity index (χ1) is 9.04. The van der Waals surface area contributed by atoms with E-state index in [1.54, 1.807) is 6.07 Å². The van der Waals surface area contributed by atoms with Crippen molar-refractivity contribution in [1.29, 1.82) is 0 Å². The number of amides is 1. The third-order valence-corrected chi connectivity index (χ3v) is 2.34. The molecule has 0 radical (unpaired) electrons. The van der Waals surface area contributed by atoms with Crippen molar-refractivity contribution in [3.8, 4) is 0 Å². The molecule has 0 fully saturated rings. The van der Waals surface area contributed by atoms with E-state index in [0.717, 1.165) is 0 Å². The maximum atomic E-state index is 13.3. The van der Waals surface area contributed by atoms with Crippen molar-refractivity contribution in [2.75, 3.05) is 18.5 Å². The standard InChI is InChI=1S/C12H15FN2O4/c13-8-3-1-2-4-9(8)15-11(17)7-10(12(18)19)14-5-6-16/h1-4,10,14,16H,5-7H2,(H,15,17)(H,18,19). The van der Waals surface area contributed by atoms with Crippen LogP contribution in [0.2, 0.25) is 0 Å². The molecule has 0 aromatic heterocycles. The van der Waals surface area contributed by atoms with Gasteiger partial charge in [-0.1, -0.05) is 12.1 Å². The Morgan fingerprint density at radius 3 is 2.58 bits per heavy atom. The molecule has 0 spiro atoms. The third-order valence-electron chi connectivity index (χ3n) is 2.34. The van der Waals surface area contributed by atoms with Crippen molar-refractivity contribution in [3.05, 3.63) is 30.1 Å². The Kier molecular flexibility index (Phi) is 5.91. The fraction of sp³-hybridized carbons (Fsp3) is 0.333. The largest absolute Gasteiger partial charge is 0.480 e. The van der Waals surface area contributed by atoms with Crippen molar-refractivity contribution >= 4 is 17.6 Å². The maximum absolute atomic E-state index is 13.3. The van der Waals surface area contributed by atoms with E-state index in [-0.39, 0.29) is 25.3 Å². The summed E-state index contributed by atoms with van der Waals surface area (Å²) in [6.07, 6.45) is -0.357. The molecule has 1 aromatic rings. The lowest BCUT2D eigenvalue weighted by molar-refractivity contribution is -0.141. The van der Waals surface area contributed by atoms with Gasteiger partial charge in [0.15, 0.2) is 0 Å². The molecule has 19 heavy (non-hydrogen) atoms. The number of aliphatic hydroxyl groups excluding tert-OH is 1. The predicted octanol–water partition coefficient (Wildman–Crippen LogP) is 0.189. The van der Waals surface area contributed by atoms with Gasteiger partial charge < -0.3 is 20.8 Å². The zero-order valence-corrected chi connectivity index (χ0v) is 10.1. The summed E-state index contributed by atoms with van der Waals surface area (Å²) in [4.78, 5) is 22.5. The second-order valence-electron chi connectivity index (χ2n) is 3.80. The van der Waals surface area contributed by atoms with E-state index in [1.807, 2.05) is 0 Å². The highest BCUT2D eigenvalue weighted by Crippen LogP contribution is 2.12. The number of aliphatic hydroxyl groups is 1. The Morgan fingerprint density at radius 1 is 1.32 bits per heavy atom. The summed E-state index contributed by atoms with van der Waals surface area (Å²) < 4.78 is 13.3. The van der Waals surface area contributed by atoms with Crippen molar-refractivity contribution in [1.82, 2.24) is 5.32 Å². The van der Waals surface area contributed by atoms with E-state index in [1.165, 1.54) is 18.2 Å². The van der Waals surface area contributed by atoms with Crippen LogP contribution in [-0.2, 0) is 9.59 Å². The van der Waals surface area contributed by atoms with Crippen molar-refractivity contribution in [2.24, 2.45) is 0 Å². The zero-order valence-electron chi connectivity index (χ0n) is 10.1. The molecule has 0 saturated heterocycles. The van der Waals surface area contributed by atoms with Crippen LogP contribution < -0.4 is 10.6 Å². The number of carbonyl (C=O) groups is 2. The summed E-state index contributed by atoms with van der Waals surface area (Å²) in [7, 11) is 0. The van der Waals surface area contributed by atoms with Gasteiger partial charge in [-0.15, -0.1) is 0 Å². The number of halogens is 1. The highest BCUT2D eigenvalue weighted by Gasteiger charge is 2.20. The Hall–Kier alpha value is -1.99. The molecule has 0 aliphatic heterocycles. The number of carbonyl (C=O) groups excluding carboxylic acids is 1. The molecule has 0 aliphatic carbocycles. The lowest BCUT2D eigenvalue weighted by Crippen LogP contribution is -2.41. The summed E-state index contributed by atoms with van der Waals surface area (Å²) >= 11 is 0. The number of carboxylic acid groups (broad SMARTS) is 1. The van der Waals surface area contributed by atoms with Gasteiger partial charge in [-0.3, -0.25) is 9.59 Å². The Balaban J connectivity index is 2.58. The second-order valence-corrected chi connectivity index (χ2v) is 3.80. The summed E-state index contributed by atoms with van der Waals surface area (Å²) in [5, 5.41) is 22.3. The first-order valence-corrected chi connectivity index (χ1v) is 5.66. The van der Waals surface area contributed by atoms with E-state index in [4.69, 9.17) is 10.2 Å². The molecule has 1 rings (SSSR count). The number of anilines is 1. The van der Waals surface area contributed by atoms with Crippen LogP contribution in [0.3, 0.4) is 0 Å². The van der Waals surface area contributed by atoms with Gasteiger partial charge in [-0.05, 0) is 12.1 Å². The lowest BCUT2D eigenvalue weighted by Gasteiger charge is -2.13. The molecule has 0 bridgehead atoms. The van der Waals surface area contributed by atoms with Gasteiger partial charge in [-0.25, -0.2) is 4.39 Å². The van der Waals surface area contributed by atoms with Gasteiger partial charge >= 0.3 is 5.97 Å². The fourth-order valence-electron chi connectivity index (χ4n) is 1.43. The zero-order chi connectivity index (χ0) is 14.3. The molecule has 0 saturated carbocycles. The molecular formula is C12H15FN2O4. The predicted molar refractivity (Wildman–Crippen MR) is 66.2 cm³/mol. The minimum atomic E-state index is -1.21. The second kappa shape index (κ2) is 7.45. The van der Waals surface area contributed by atoms with Crippen LogP contribution in [-0.4, -0.2) is 41.3 Å². The molecule has 1 atom stereocenters. The molecule has 0 heterocycles. The van der Waals surface area contributed by atoms with Crippen LogP contribution >= 0.6 is 0 Å². The lowest BCUT2D eigenvalue weighted by atomic mass is 10.2. The summed E-state index contributed by atoms with van der Waals surface area (Å²) in [5.41, 5.74) is -0.00111. The third kappa shape index (κ3) is 5.02. The number of hydrogen-bond acceptors (Lipinski definition) is 4. The van der Waals surface area contributed by atoms with E-state index in [2.05, 4.69) is 10.6 Å². The van der Waals surface area contributed by atoms with E-state index >= 15 is 0 Å². The molecule has 6 nitrogen and oxygen atoms in total. The smallest absolute Gasteiger partial charge is 0.321 e. The van der Waals surface area contributed by atoms with Gasteiger partial charge in [-0.2, -0.15) is 0 Å². The van der Waals surface area contributed by atoms with Gasteiger partial charge in [0, 0.05) is 6.54 Å². The maximum Gasteiger partial charge on any atom is 0.321 e. The first kappa shape index (κ1) is 15.1. The SMILES string of the molecule is O=C(CC(NCCO)C(=O)O)Nc1ccccc1F. The highest BCUT2D eigenvalue weighted by atomic mass is 19.1. The Labute approximate surface area is 109 Å². The number of hydrogen-bond donors (Lipinski definition) is 4. The summed E-state index contributed by atoms with van der Waals surface area (Å²) in [6, 6.07) is 4.47. The van der Waals surface area contributed by atoms with E-state index in [9.17, 15) is 14.0 Å². The average Bonchev–Trinajstić information content (AvgIpc) is 2.37. The van der Waals surface area contributed by atoms with Crippen LogP contribution in [0.5, 0.6) is 0 Å². The Bertz CT molecular complexity index is 453. The average molecular weight is 270 g/mol. The van der Waals surface area contributed by atoms with Crippen molar-refractivity contribution in [3.63, 3.8) is 0 Å². The number of carboxylic acids is 1. The number of rotatable bonds is 7. The summed E-state index contributed by atoms with van der Waals surface area (Å²) in [5.74, 6) is -2.42. The minimum Gasteiger partial charge on any atom is -0.480 e. The van der Waals surface area contributed by atoms with E-state index in [0.29, 0.717) is 0 Å². The minimum absolute atomic E-state index is 0.00111. The molecule has 0 aliphatic rings. The number of benzene rings is 1. The monoisotopic (exact) mass is 270 g/mol. The van der Waals surface area contributed by atoms with Crippen molar-refractivity contribution in [2.45, 2.75) is 12.5 Å². The van der Waals surface area contributed by atoms with Gasteiger partial charge in [0.05, 0.1) is 18.7 Å². The molecule has 7 heteroatoms. The molecular weight excluding hydrogens is 255 g/mol. The molecule has 4 N–H and O–H groups in total. The quantitative estimate of drug-likeness (QED) is 0.567. The fourth-order valence-corrected chi connectivity index (χ4v) is 1.43. The van der Waals surface area contributed by atoms with Gasteiger partial charge in [0.1, 0.15) is 11.9 Å². The van der Waals surface area contributed by atoms with E-state index < -0.39 is 23.7 Å². The van der Waals surface area contributed by atoms with Crippen molar-refractivity contribution < 1.29 is 24.2 Å². The highest BCUT2D eigenvalue weighted by molar-refractivity contribution is 5.94. The number of nitrogens with one attached hydrogen (secondary N) is 2. The molecule has 1 aromatic carbocycles. The van der Waals surface area contributed by atoms with Crippen LogP contribution in [0, 0.1) is 5.82 Å². The van der Waals surface area contributed by atoms with Gasteiger partial charge in [0.25, 0.3) is 0 Å². The summed E-state index contributed by atoms with van der Waals surface area (Å²) in [6.45, 7) is -0.178. The molecule has 104 valence electrons. The van der Waals surface area contributed by atoms with Crippen LogP contribution in [0.15, 0.2) is 24.3 Å². The Morgan fingerprint density at radius 2 is 2.00 bits per heavy atom.